The summed E-state index contributed by atoms with van der Waals surface area (Å²) in [6.45, 7) is 3.83. The number of aliphatic hydroxyl groups is 1. The molecule has 0 radical (unpaired) electrons. The summed E-state index contributed by atoms with van der Waals surface area (Å²) >= 11 is 6.35. The van der Waals surface area contributed by atoms with E-state index in [2.05, 4.69) is 9.97 Å². The largest absolute Gasteiger partial charge is 0.507 e. The number of hydrogen-bond donors (Lipinski definition) is 2. The lowest BCUT2D eigenvalue weighted by molar-refractivity contribution is -0.132. The van der Waals surface area contributed by atoms with Gasteiger partial charge in [-0.2, -0.15) is 0 Å². The number of carbonyl (C=O) groups excluding carboxylic acids is 2. The van der Waals surface area contributed by atoms with E-state index in [-0.39, 0.29) is 34.0 Å². The summed E-state index contributed by atoms with van der Waals surface area (Å²) in [6, 6.07) is 16.2. The van der Waals surface area contributed by atoms with Gasteiger partial charge in [0, 0.05) is 6.07 Å². The summed E-state index contributed by atoms with van der Waals surface area (Å²) in [5, 5.41) is 11.8. The lowest BCUT2D eigenvalue weighted by atomic mass is 9.95. The number of H-pyrrole nitrogens is 1. The maximum absolute atomic E-state index is 13.5. The number of aromatic amines is 1. The van der Waals surface area contributed by atoms with Crippen molar-refractivity contribution < 1.29 is 28.9 Å². The summed E-state index contributed by atoms with van der Waals surface area (Å²) in [5.74, 6) is -0.840. The van der Waals surface area contributed by atoms with E-state index in [0.29, 0.717) is 28.1 Å². The number of amides is 1. The van der Waals surface area contributed by atoms with Crippen LogP contribution in [0.15, 0.2) is 66.2 Å². The monoisotopic (exact) mass is 547 g/mol. The molecule has 0 spiro atoms. The van der Waals surface area contributed by atoms with Crippen LogP contribution in [-0.2, 0) is 9.59 Å². The molecule has 39 heavy (non-hydrogen) atoms. The number of fused-ring (bicyclic) bond motifs is 1. The van der Waals surface area contributed by atoms with E-state index in [0.717, 1.165) is 0 Å². The first-order chi connectivity index (χ1) is 18.7. The van der Waals surface area contributed by atoms with Crippen LogP contribution in [0.2, 0.25) is 5.02 Å². The zero-order valence-corrected chi connectivity index (χ0v) is 22.4. The number of aliphatic hydroxyl groups excluding tert-OH is 1. The van der Waals surface area contributed by atoms with Crippen molar-refractivity contribution in [1.29, 1.82) is 0 Å². The maximum atomic E-state index is 13.5. The molecule has 9 nitrogen and oxygen atoms in total. The number of Topliss-reactive ketones (excluding diaryl/α,β-unsaturated/α-hetero) is 1. The molecule has 1 unspecified atom stereocenters. The van der Waals surface area contributed by atoms with Gasteiger partial charge in [-0.25, -0.2) is 4.98 Å². The zero-order chi connectivity index (χ0) is 27.8. The number of halogens is 1. The fourth-order valence-electron chi connectivity index (χ4n) is 4.61. The lowest BCUT2D eigenvalue weighted by Crippen LogP contribution is -2.30. The molecule has 2 heterocycles. The van der Waals surface area contributed by atoms with Crippen LogP contribution in [0.5, 0.6) is 17.2 Å². The van der Waals surface area contributed by atoms with Crippen LogP contribution in [0.1, 0.15) is 31.0 Å². The van der Waals surface area contributed by atoms with Crippen molar-refractivity contribution in [2.75, 3.05) is 19.1 Å². The Morgan fingerprint density at radius 1 is 1.03 bits per heavy atom. The zero-order valence-electron chi connectivity index (χ0n) is 21.7. The highest BCUT2D eigenvalue weighted by molar-refractivity contribution is 6.51. The van der Waals surface area contributed by atoms with Crippen LogP contribution in [0.3, 0.4) is 0 Å². The van der Waals surface area contributed by atoms with Crippen LogP contribution in [0.4, 0.5) is 5.95 Å². The average molecular weight is 548 g/mol. The van der Waals surface area contributed by atoms with Gasteiger partial charge in [-0.15, -0.1) is 0 Å². The highest BCUT2D eigenvalue weighted by Gasteiger charge is 2.48. The molecule has 200 valence electrons. The fourth-order valence-corrected chi connectivity index (χ4v) is 4.85. The van der Waals surface area contributed by atoms with Gasteiger partial charge in [-0.05, 0) is 49.7 Å². The van der Waals surface area contributed by atoms with Gasteiger partial charge in [-0.3, -0.25) is 14.5 Å². The Balaban J connectivity index is 1.72. The Kier molecular flexibility index (Phi) is 6.93. The molecule has 1 aliphatic heterocycles. The minimum Gasteiger partial charge on any atom is -0.507 e. The molecule has 0 aliphatic carbocycles. The molecule has 3 aromatic carbocycles. The van der Waals surface area contributed by atoms with Gasteiger partial charge in [0.1, 0.15) is 23.0 Å². The molecular formula is C29H26ClN3O6. The second-order valence-electron chi connectivity index (χ2n) is 9.17. The molecule has 1 atom stereocenters. The van der Waals surface area contributed by atoms with Crippen LogP contribution < -0.4 is 19.1 Å². The van der Waals surface area contributed by atoms with E-state index in [1.807, 2.05) is 32.0 Å². The molecule has 1 saturated heterocycles. The SMILES string of the molecule is COc1cc(OC)c(/C(O)=C2\C(=O)C(=O)N(c3nc4ccccc4[nH]3)C2c2ccc(OC(C)C)cc2)cc1Cl. The lowest BCUT2D eigenvalue weighted by Gasteiger charge is -2.23. The van der Waals surface area contributed by atoms with Crippen molar-refractivity contribution in [3.05, 3.63) is 82.4 Å². The third-order valence-electron chi connectivity index (χ3n) is 6.35. The van der Waals surface area contributed by atoms with E-state index in [1.165, 1.54) is 31.3 Å². The molecule has 1 amide bonds. The van der Waals surface area contributed by atoms with Crippen molar-refractivity contribution in [3.8, 4) is 17.2 Å². The Morgan fingerprint density at radius 2 is 1.72 bits per heavy atom. The number of hydrogen-bond acceptors (Lipinski definition) is 7. The molecule has 2 N–H and O–H groups in total. The topological polar surface area (TPSA) is 114 Å². The van der Waals surface area contributed by atoms with Gasteiger partial charge in [0.05, 0.1) is 53.6 Å². The molecule has 1 aliphatic rings. The molecule has 1 fully saturated rings. The van der Waals surface area contributed by atoms with Gasteiger partial charge in [0.2, 0.25) is 5.95 Å². The third-order valence-corrected chi connectivity index (χ3v) is 6.64. The van der Waals surface area contributed by atoms with Gasteiger partial charge in [-0.1, -0.05) is 35.9 Å². The number of anilines is 1. The maximum Gasteiger partial charge on any atom is 0.302 e. The highest BCUT2D eigenvalue weighted by Crippen LogP contribution is 2.44. The normalized spacial score (nSPS) is 16.8. The van der Waals surface area contributed by atoms with Gasteiger partial charge >= 0.3 is 5.91 Å². The molecule has 1 aromatic heterocycles. The fraction of sp³-hybridized carbons (Fsp3) is 0.207. The molecule has 0 saturated carbocycles. The minimum absolute atomic E-state index is 0.0377. The number of carbonyl (C=O) groups is 2. The number of aromatic nitrogens is 2. The molecule has 10 heteroatoms. The number of imidazole rings is 1. The number of benzene rings is 3. The second kappa shape index (κ2) is 10.3. The Bertz CT molecular complexity index is 1580. The quantitative estimate of drug-likeness (QED) is 0.175. The number of methoxy groups -OCH3 is 2. The Labute approximate surface area is 229 Å². The van der Waals surface area contributed by atoms with Crippen LogP contribution in [0.25, 0.3) is 16.8 Å². The van der Waals surface area contributed by atoms with Gasteiger partial charge < -0.3 is 24.3 Å². The molecule has 5 rings (SSSR count). The predicted octanol–water partition coefficient (Wildman–Crippen LogP) is 5.65. The van der Waals surface area contributed by atoms with E-state index in [4.69, 9.17) is 25.8 Å². The van der Waals surface area contributed by atoms with E-state index < -0.39 is 23.5 Å². The van der Waals surface area contributed by atoms with Crippen molar-refractivity contribution in [2.24, 2.45) is 0 Å². The minimum atomic E-state index is -1.01. The van der Waals surface area contributed by atoms with Gasteiger partial charge in [0.15, 0.2) is 0 Å². The van der Waals surface area contributed by atoms with E-state index in [9.17, 15) is 14.7 Å². The smallest absolute Gasteiger partial charge is 0.302 e. The van der Waals surface area contributed by atoms with Crippen LogP contribution in [0, 0.1) is 0 Å². The van der Waals surface area contributed by atoms with E-state index in [1.54, 1.807) is 30.3 Å². The van der Waals surface area contributed by atoms with Crippen molar-refractivity contribution in [1.82, 2.24) is 9.97 Å². The molecular weight excluding hydrogens is 522 g/mol. The first-order valence-electron chi connectivity index (χ1n) is 12.2. The summed E-state index contributed by atoms with van der Waals surface area (Å²) in [7, 11) is 2.86. The summed E-state index contributed by atoms with van der Waals surface area (Å²) in [6.07, 6.45) is -0.0377. The second-order valence-corrected chi connectivity index (χ2v) is 9.58. The number of rotatable bonds is 7. The average Bonchev–Trinajstić information content (AvgIpc) is 3.46. The first kappa shape index (κ1) is 26.1. The summed E-state index contributed by atoms with van der Waals surface area (Å²) in [4.78, 5) is 36.0. The molecule has 4 aromatic rings. The standard InChI is InChI=1S/C29H26ClN3O6/c1-15(2)39-17-11-9-16(10-12-17)25-24(26(34)18-13-19(30)23(38-4)14-22(18)37-3)27(35)28(36)33(25)29-31-20-7-5-6-8-21(20)32-29/h5-15,25,34H,1-4H3,(H,31,32)/b26-24+. The Morgan fingerprint density at radius 3 is 2.36 bits per heavy atom. The van der Waals surface area contributed by atoms with Crippen molar-refractivity contribution in [2.45, 2.75) is 26.0 Å². The predicted molar refractivity (Wildman–Crippen MR) is 148 cm³/mol. The first-order valence-corrected chi connectivity index (χ1v) is 12.6. The number of ketones is 1. The Hall–Kier alpha value is -4.50. The summed E-state index contributed by atoms with van der Waals surface area (Å²) in [5.41, 5.74) is 1.87. The number of nitrogens with one attached hydrogen (secondary N) is 1. The highest BCUT2D eigenvalue weighted by atomic mass is 35.5. The van der Waals surface area contributed by atoms with Crippen LogP contribution >= 0.6 is 11.6 Å². The summed E-state index contributed by atoms with van der Waals surface area (Å²) < 4.78 is 16.5. The number of para-hydroxylation sites is 2. The number of ether oxygens (including phenoxy) is 3. The van der Waals surface area contributed by atoms with E-state index >= 15 is 0 Å². The van der Waals surface area contributed by atoms with Crippen LogP contribution in [-0.4, -0.2) is 47.1 Å². The van der Waals surface area contributed by atoms with Crippen molar-refractivity contribution in [3.63, 3.8) is 0 Å². The van der Waals surface area contributed by atoms with Crippen molar-refractivity contribution >= 4 is 46.0 Å². The third kappa shape index (κ3) is 4.66. The molecule has 0 bridgehead atoms. The number of nitrogens with zero attached hydrogens (tertiary/aromatic N) is 2. The van der Waals surface area contributed by atoms with Gasteiger partial charge in [0.25, 0.3) is 5.78 Å².